The van der Waals surface area contributed by atoms with Crippen LogP contribution in [0.3, 0.4) is 0 Å². The van der Waals surface area contributed by atoms with Crippen molar-refractivity contribution in [3.63, 3.8) is 0 Å². The number of fused-ring (bicyclic) bond motifs is 1. The summed E-state index contributed by atoms with van der Waals surface area (Å²) in [4.78, 5) is 14.9. The molecule has 2 heterocycles. The second kappa shape index (κ2) is 7.92. The van der Waals surface area contributed by atoms with Crippen molar-refractivity contribution in [1.82, 2.24) is 4.90 Å². The monoisotopic (exact) mass is 395 g/mol. The largest absolute Gasteiger partial charge is 0.464 e. The van der Waals surface area contributed by atoms with Crippen LogP contribution < -0.4 is 5.32 Å². The Morgan fingerprint density at radius 3 is 2.79 bits per heavy atom. The van der Waals surface area contributed by atoms with Crippen LogP contribution in [0.2, 0.25) is 0 Å². The summed E-state index contributed by atoms with van der Waals surface area (Å²) in [6.45, 7) is 0.778. The molecule has 1 fully saturated rings. The summed E-state index contributed by atoms with van der Waals surface area (Å²) in [5.41, 5.74) is 0.663. The summed E-state index contributed by atoms with van der Waals surface area (Å²) in [5.74, 6) is -1.80. The van der Waals surface area contributed by atoms with E-state index < -0.39 is 11.6 Å². The number of amides is 1. The lowest BCUT2D eigenvalue weighted by atomic mass is 10.00. The van der Waals surface area contributed by atoms with E-state index in [2.05, 4.69) is 5.32 Å². The number of anilines is 1. The van der Waals surface area contributed by atoms with E-state index in [0.717, 1.165) is 36.8 Å². The van der Waals surface area contributed by atoms with Crippen LogP contribution >= 0.6 is 0 Å². The number of nitrogens with zero attached hydrogens (tertiary/aromatic N) is 2. The number of nitriles is 1. The Kier molecular flexibility index (Phi) is 5.17. The van der Waals surface area contributed by atoms with Crippen LogP contribution in [0.5, 0.6) is 0 Å². The molecule has 1 aliphatic rings. The molecule has 3 aromatic rings. The Labute approximate surface area is 166 Å². The first-order chi connectivity index (χ1) is 14.1. The van der Waals surface area contributed by atoms with Crippen LogP contribution in [0, 0.1) is 23.0 Å². The predicted octanol–water partition coefficient (Wildman–Crippen LogP) is 4.69. The zero-order chi connectivity index (χ0) is 20.4. The van der Waals surface area contributed by atoms with Gasteiger partial charge in [0, 0.05) is 24.5 Å². The molecule has 0 radical (unpaired) electrons. The van der Waals surface area contributed by atoms with Crippen LogP contribution in [0.25, 0.3) is 11.0 Å². The van der Waals surface area contributed by atoms with Gasteiger partial charge < -0.3 is 14.6 Å². The number of halogens is 2. The van der Waals surface area contributed by atoms with Crippen molar-refractivity contribution in [3.8, 4) is 6.07 Å². The summed E-state index contributed by atoms with van der Waals surface area (Å²) in [6, 6.07) is 10.7. The van der Waals surface area contributed by atoms with Gasteiger partial charge in [0.2, 0.25) is 0 Å². The molecule has 0 bridgehead atoms. The minimum atomic E-state index is -0.824. The highest BCUT2D eigenvalue weighted by molar-refractivity contribution is 6.05. The first-order valence-electron chi connectivity index (χ1n) is 9.48. The maximum absolute atomic E-state index is 14.2. The second-order valence-electron chi connectivity index (χ2n) is 7.10. The van der Waals surface area contributed by atoms with E-state index >= 15 is 0 Å². The van der Waals surface area contributed by atoms with Gasteiger partial charge in [0.05, 0.1) is 23.5 Å². The number of benzene rings is 2. The molecule has 1 saturated heterocycles. The molecule has 2 aromatic carbocycles. The fraction of sp³-hybridized carbons (Fsp3) is 0.273. The van der Waals surface area contributed by atoms with E-state index in [1.165, 1.54) is 0 Å². The lowest BCUT2D eigenvalue weighted by Crippen LogP contribution is -2.47. The number of carbonyl (C=O) groups is 1. The number of piperidine rings is 1. The average molecular weight is 395 g/mol. The van der Waals surface area contributed by atoms with Gasteiger partial charge in [-0.25, -0.2) is 8.78 Å². The third-order valence-electron chi connectivity index (χ3n) is 5.28. The minimum absolute atomic E-state index is 0.0773. The highest BCUT2D eigenvalue weighted by atomic mass is 19.1. The molecule has 1 atom stereocenters. The molecule has 1 aliphatic heterocycles. The number of hydrogen-bond donors (Lipinski definition) is 1. The third-order valence-corrected chi connectivity index (χ3v) is 5.28. The van der Waals surface area contributed by atoms with Gasteiger partial charge in [-0.1, -0.05) is 12.1 Å². The van der Waals surface area contributed by atoms with Crippen molar-refractivity contribution in [3.05, 3.63) is 65.4 Å². The molecule has 0 aliphatic carbocycles. The highest BCUT2D eigenvalue weighted by Crippen LogP contribution is 2.26. The van der Waals surface area contributed by atoms with Gasteiger partial charge in [0.25, 0.3) is 5.91 Å². The Balaban J connectivity index is 1.55. The molecule has 1 unspecified atom stereocenters. The van der Waals surface area contributed by atoms with E-state index in [0.29, 0.717) is 17.7 Å². The molecular weight excluding hydrogens is 376 g/mol. The predicted molar refractivity (Wildman–Crippen MR) is 104 cm³/mol. The van der Waals surface area contributed by atoms with Crippen LogP contribution in [-0.2, 0) is 0 Å². The van der Waals surface area contributed by atoms with Crippen molar-refractivity contribution in [1.29, 1.82) is 5.26 Å². The topological polar surface area (TPSA) is 69.3 Å². The van der Waals surface area contributed by atoms with Crippen LogP contribution in [0.4, 0.5) is 14.5 Å². The van der Waals surface area contributed by atoms with Crippen molar-refractivity contribution >= 4 is 22.6 Å². The third kappa shape index (κ3) is 3.66. The number of hydrogen-bond acceptors (Lipinski definition) is 4. The zero-order valence-corrected chi connectivity index (χ0v) is 15.6. The standard InChI is InChI=1S/C22H19F2N3O2/c23-18-10-14(12-25)11-19(24)20(18)26-13-16-5-1-2-8-27(16)22(28)17-6-3-4-15-7-9-29-21(15)17/h3-4,6-7,9-11,16,26H,1-2,5,8,13H2. The molecule has 148 valence electrons. The van der Waals surface area contributed by atoms with E-state index in [1.54, 1.807) is 29.4 Å². The maximum atomic E-state index is 14.2. The smallest absolute Gasteiger partial charge is 0.257 e. The molecular formula is C22H19F2N3O2. The number of furan rings is 1. The summed E-state index contributed by atoms with van der Waals surface area (Å²) in [6.07, 6.45) is 4.08. The summed E-state index contributed by atoms with van der Waals surface area (Å²) < 4.78 is 33.8. The molecule has 1 amide bonds. The number of nitrogens with one attached hydrogen (secondary N) is 1. The number of carbonyl (C=O) groups excluding carboxylic acids is 1. The summed E-state index contributed by atoms with van der Waals surface area (Å²) in [7, 11) is 0. The Hall–Kier alpha value is -3.40. The average Bonchev–Trinajstić information content (AvgIpc) is 3.21. The molecule has 29 heavy (non-hydrogen) atoms. The van der Waals surface area contributed by atoms with E-state index in [-0.39, 0.29) is 29.7 Å². The van der Waals surface area contributed by atoms with Gasteiger partial charge in [0.15, 0.2) is 11.6 Å². The Bertz CT molecular complexity index is 1080. The van der Waals surface area contributed by atoms with E-state index in [9.17, 15) is 13.6 Å². The molecule has 0 spiro atoms. The van der Waals surface area contributed by atoms with E-state index in [4.69, 9.17) is 9.68 Å². The molecule has 5 nitrogen and oxygen atoms in total. The van der Waals surface area contributed by atoms with E-state index in [1.807, 2.05) is 12.1 Å². The van der Waals surface area contributed by atoms with Crippen LogP contribution in [0.1, 0.15) is 35.2 Å². The van der Waals surface area contributed by atoms with Crippen molar-refractivity contribution in [2.45, 2.75) is 25.3 Å². The van der Waals surface area contributed by atoms with Crippen molar-refractivity contribution in [2.75, 3.05) is 18.4 Å². The molecule has 0 saturated carbocycles. The van der Waals surface area contributed by atoms with Crippen LogP contribution in [-0.4, -0.2) is 29.9 Å². The number of para-hydroxylation sites is 1. The van der Waals surface area contributed by atoms with Crippen LogP contribution in [0.15, 0.2) is 47.1 Å². The van der Waals surface area contributed by atoms with Gasteiger partial charge in [-0.2, -0.15) is 5.26 Å². The van der Waals surface area contributed by atoms with Gasteiger partial charge in [0.1, 0.15) is 11.3 Å². The summed E-state index contributed by atoms with van der Waals surface area (Å²) >= 11 is 0. The SMILES string of the molecule is N#Cc1cc(F)c(NCC2CCCCN2C(=O)c2cccc3ccoc23)c(F)c1. The lowest BCUT2D eigenvalue weighted by molar-refractivity contribution is 0.0629. The van der Waals surface area contributed by atoms with Gasteiger partial charge in [-0.05, 0) is 43.5 Å². The Morgan fingerprint density at radius 1 is 1.24 bits per heavy atom. The first-order valence-corrected chi connectivity index (χ1v) is 9.48. The number of likely N-dealkylation sites (tertiary alicyclic amines) is 1. The van der Waals surface area contributed by atoms with Gasteiger partial charge >= 0.3 is 0 Å². The van der Waals surface area contributed by atoms with Crippen molar-refractivity contribution in [2.24, 2.45) is 0 Å². The fourth-order valence-electron chi connectivity index (χ4n) is 3.82. The highest BCUT2D eigenvalue weighted by Gasteiger charge is 2.29. The normalized spacial score (nSPS) is 16.6. The molecule has 4 rings (SSSR count). The number of rotatable bonds is 4. The lowest BCUT2D eigenvalue weighted by Gasteiger charge is -2.36. The second-order valence-corrected chi connectivity index (χ2v) is 7.10. The van der Waals surface area contributed by atoms with Crippen molar-refractivity contribution < 1.29 is 18.0 Å². The maximum Gasteiger partial charge on any atom is 0.257 e. The first kappa shape index (κ1) is 18.9. The van der Waals surface area contributed by atoms with Gasteiger partial charge in [-0.3, -0.25) is 4.79 Å². The summed E-state index contributed by atoms with van der Waals surface area (Å²) in [5, 5.41) is 12.5. The molecule has 7 heteroatoms. The zero-order valence-electron chi connectivity index (χ0n) is 15.6. The van der Waals surface area contributed by atoms with Gasteiger partial charge in [-0.15, -0.1) is 0 Å². The molecule has 1 N–H and O–H groups in total. The fourth-order valence-corrected chi connectivity index (χ4v) is 3.82. The molecule has 1 aromatic heterocycles. The quantitative estimate of drug-likeness (QED) is 0.696. The Morgan fingerprint density at radius 2 is 2.03 bits per heavy atom. The minimum Gasteiger partial charge on any atom is -0.464 e.